The van der Waals surface area contributed by atoms with E-state index in [0.29, 0.717) is 25.9 Å². The zero-order chi connectivity index (χ0) is 23.0. The Balaban J connectivity index is 1.19. The summed E-state index contributed by atoms with van der Waals surface area (Å²) >= 11 is 0. The van der Waals surface area contributed by atoms with Crippen molar-refractivity contribution in [3.05, 3.63) is 65.2 Å². The lowest BCUT2D eigenvalue weighted by atomic mass is 9.90. The Hall–Kier alpha value is -3.19. The van der Waals surface area contributed by atoms with Crippen LogP contribution in [0.25, 0.3) is 0 Å². The fourth-order valence-electron chi connectivity index (χ4n) is 5.21. The highest BCUT2D eigenvalue weighted by atomic mass is 16.2. The Morgan fingerprint density at radius 1 is 1.06 bits per heavy atom. The van der Waals surface area contributed by atoms with Gasteiger partial charge in [0, 0.05) is 24.7 Å². The van der Waals surface area contributed by atoms with Gasteiger partial charge in [0.05, 0.1) is 6.67 Å². The standard InChI is InChI=1S/C26H30N4O3/c1-26(21-11-10-18-6-5-7-20(18)16-21)24(32)30(25(33)28-26)17-29-14-12-19(13-15-29)23(31)27-22-8-3-2-4-9-22/h2-4,8-11,16,19H,5-7,12-15,17H2,1H3,(H,27,31)(H,28,33)/t26-/m1/s1. The molecule has 7 nitrogen and oxygen atoms in total. The SMILES string of the molecule is C[C@]1(c2ccc3c(c2)CCC3)NC(=O)N(CN2CCC(C(=O)Nc3ccccc3)CC2)C1=O. The van der Waals surface area contributed by atoms with Crippen molar-refractivity contribution in [2.24, 2.45) is 5.92 Å². The van der Waals surface area contributed by atoms with Gasteiger partial charge >= 0.3 is 6.03 Å². The van der Waals surface area contributed by atoms with Crippen molar-refractivity contribution in [2.45, 2.75) is 44.6 Å². The molecule has 172 valence electrons. The molecular formula is C26H30N4O3. The quantitative estimate of drug-likeness (QED) is 0.691. The normalized spacial score (nSPS) is 23.5. The maximum absolute atomic E-state index is 13.3. The number of carbonyl (C=O) groups excluding carboxylic acids is 3. The minimum atomic E-state index is -1.04. The lowest BCUT2D eigenvalue weighted by molar-refractivity contribution is -0.133. The molecule has 1 aliphatic carbocycles. The summed E-state index contributed by atoms with van der Waals surface area (Å²) in [6.45, 7) is 3.38. The van der Waals surface area contributed by atoms with Crippen molar-refractivity contribution in [1.29, 1.82) is 0 Å². The lowest BCUT2D eigenvalue weighted by Gasteiger charge is -2.33. The summed E-state index contributed by atoms with van der Waals surface area (Å²) in [4.78, 5) is 42.1. The van der Waals surface area contributed by atoms with Crippen molar-refractivity contribution in [3.8, 4) is 0 Å². The molecule has 2 aromatic rings. The first-order valence-electron chi connectivity index (χ1n) is 11.8. The van der Waals surface area contributed by atoms with Crippen LogP contribution in [-0.4, -0.2) is 47.4 Å². The number of para-hydroxylation sites is 1. The number of hydrogen-bond acceptors (Lipinski definition) is 4. The number of nitrogens with one attached hydrogen (secondary N) is 2. The summed E-state index contributed by atoms with van der Waals surface area (Å²) in [6.07, 6.45) is 4.64. The first kappa shape index (κ1) is 21.6. The molecule has 0 saturated carbocycles. The molecule has 0 spiro atoms. The molecule has 3 aliphatic rings. The van der Waals surface area contributed by atoms with Gasteiger partial charge < -0.3 is 10.6 Å². The molecule has 2 heterocycles. The number of aryl methyl sites for hydroxylation is 2. The monoisotopic (exact) mass is 446 g/mol. The van der Waals surface area contributed by atoms with Gasteiger partial charge in [-0.1, -0.05) is 36.4 Å². The summed E-state index contributed by atoms with van der Waals surface area (Å²) < 4.78 is 0. The van der Waals surface area contributed by atoms with Gasteiger partial charge in [-0.3, -0.25) is 14.5 Å². The first-order chi connectivity index (χ1) is 15.9. The number of piperidine rings is 1. The average Bonchev–Trinajstić information content (AvgIpc) is 3.38. The third kappa shape index (κ3) is 4.13. The molecule has 0 unspecified atom stereocenters. The van der Waals surface area contributed by atoms with Gasteiger partial charge in [0.2, 0.25) is 5.91 Å². The van der Waals surface area contributed by atoms with Gasteiger partial charge in [-0.2, -0.15) is 0 Å². The number of anilines is 1. The number of fused-ring (bicyclic) bond motifs is 1. The van der Waals surface area contributed by atoms with Crippen LogP contribution in [0.3, 0.4) is 0 Å². The molecule has 1 atom stereocenters. The van der Waals surface area contributed by atoms with E-state index in [2.05, 4.69) is 27.7 Å². The molecule has 5 rings (SSSR count). The molecule has 7 heteroatoms. The van der Waals surface area contributed by atoms with Crippen molar-refractivity contribution in [1.82, 2.24) is 15.1 Å². The van der Waals surface area contributed by atoms with Crippen LogP contribution in [-0.2, 0) is 28.0 Å². The summed E-state index contributed by atoms with van der Waals surface area (Å²) in [7, 11) is 0. The fraction of sp³-hybridized carbons (Fsp3) is 0.423. The molecule has 2 aromatic carbocycles. The average molecular weight is 447 g/mol. The van der Waals surface area contributed by atoms with E-state index in [1.165, 1.54) is 16.0 Å². The van der Waals surface area contributed by atoms with Gasteiger partial charge in [0.15, 0.2) is 0 Å². The maximum Gasteiger partial charge on any atom is 0.326 e. The van der Waals surface area contributed by atoms with E-state index < -0.39 is 5.54 Å². The van der Waals surface area contributed by atoms with Crippen molar-refractivity contribution >= 4 is 23.5 Å². The van der Waals surface area contributed by atoms with Gasteiger partial charge in [-0.05, 0) is 67.9 Å². The summed E-state index contributed by atoms with van der Waals surface area (Å²) in [5, 5.41) is 5.90. The molecule has 4 amide bonds. The van der Waals surface area contributed by atoms with Gasteiger partial charge in [-0.15, -0.1) is 0 Å². The molecule has 0 radical (unpaired) electrons. The second-order valence-corrected chi connectivity index (χ2v) is 9.51. The van der Waals surface area contributed by atoms with Crippen LogP contribution in [0.4, 0.5) is 10.5 Å². The zero-order valence-electron chi connectivity index (χ0n) is 19.0. The van der Waals surface area contributed by atoms with E-state index in [9.17, 15) is 14.4 Å². The number of hydrogen-bond donors (Lipinski definition) is 2. The largest absolute Gasteiger partial charge is 0.326 e. The molecular weight excluding hydrogens is 416 g/mol. The molecule has 2 saturated heterocycles. The highest BCUT2D eigenvalue weighted by molar-refractivity contribution is 6.07. The maximum atomic E-state index is 13.3. The molecule has 33 heavy (non-hydrogen) atoms. The van der Waals surface area contributed by atoms with Crippen LogP contribution in [0, 0.1) is 5.92 Å². The zero-order valence-corrected chi connectivity index (χ0v) is 19.0. The minimum absolute atomic E-state index is 0.0278. The molecule has 2 N–H and O–H groups in total. The van der Waals surface area contributed by atoms with Gasteiger partial charge in [-0.25, -0.2) is 9.69 Å². The lowest BCUT2D eigenvalue weighted by Crippen LogP contribution is -2.47. The Morgan fingerprint density at radius 3 is 2.55 bits per heavy atom. The Kier molecular flexibility index (Phi) is 5.66. The summed E-state index contributed by atoms with van der Waals surface area (Å²) in [5.74, 6) is -0.254. The van der Waals surface area contributed by atoms with Crippen LogP contribution < -0.4 is 10.6 Å². The molecule has 0 bridgehead atoms. The summed E-state index contributed by atoms with van der Waals surface area (Å²) in [6, 6.07) is 15.3. The van der Waals surface area contributed by atoms with Crippen LogP contribution in [0.2, 0.25) is 0 Å². The van der Waals surface area contributed by atoms with Gasteiger partial charge in [0.1, 0.15) is 5.54 Å². The second kappa shape index (κ2) is 8.63. The number of benzene rings is 2. The molecule has 2 aliphatic heterocycles. The number of likely N-dealkylation sites (tertiary alicyclic amines) is 1. The van der Waals surface area contributed by atoms with Gasteiger partial charge in [0.25, 0.3) is 5.91 Å². The highest BCUT2D eigenvalue weighted by Crippen LogP contribution is 2.33. The third-order valence-electron chi connectivity index (χ3n) is 7.29. The van der Waals surface area contributed by atoms with Crippen molar-refractivity contribution < 1.29 is 14.4 Å². The van der Waals surface area contributed by atoms with Crippen LogP contribution in [0.1, 0.15) is 42.9 Å². The van der Waals surface area contributed by atoms with Crippen LogP contribution in [0.15, 0.2) is 48.5 Å². The Bertz CT molecular complexity index is 1080. The van der Waals surface area contributed by atoms with Crippen molar-refractivity contribution in [3.63, 3.8) is 0 Å². The van der Waals surface area contributed by atoms with Crippen molar-refractivity contribution in [2.75, 3.05) is 25.1 Å². The number of nitrogens with zero attached hydrogens (tertiary/aromatic N) is 2. The predicted molar refractivity (Wildman–Crippen MR) is 125 cm³/mol. The first-order valence-corrected chi connectivity index (χ1v) is 11.8. The fourth-order valence-corrected chi connectivity index (χ4v) is 5.21. The highest BCUT2D eigenvalue weighted by Gasteiger charge is 2.49. The topological polar surface area (TPSA) is 81.8 Å². The Labute approximate surface area is 194 Å². The van der Waals surface area contributed by atoms with E-state index >= 15 is 0 Å². The van der Waals surface area contributed by atoms with E-state index in [-0.39, 0.29) is 30.4 Å². The third-order valence-corrected chi connectivity index (χ3v) is 7.29. The minimum Gasteiger partial charge on any atom is -0.326 e. The summed E-state index contributed by atoms with van der Waals surface area (Å²) in [5.41, 5.74) is 3.23. The number of urea groups is 1. The van der Waals surface area contributed by atoms with E-state index in [0.717, 1.165) is 30.5 Å². The smallest absolute Gasteiger partial charge is 0.326 e. The van der Waals surface area contributed by atoms with Crippen LogP contribution >= 0.6 is 0 Å². The number of rotatable bonds is 5. The van der Waals surface area contributed by atoms with E-state index in [1.807, 2.05) is 36.4 Å². The molecule has 2 fully saturated rings. The van der Waals surface area contributed by atoms with E-state index in [1.54, 1.807) is 6.92 Å². The predicted octanol–water partition coefficient (Wildman–Crippen LogP) is 3.25. The number of imide groups is 1. The Morgan fingerprint density at radius 2 is 1.79 bits per heavy atom. The molecule has 0 aromatic heterocycles. The number of carbonyl (C=O) groups is 3. The second-order valence-electron chi connectivity index (χ2n) is 9.51. The van der Waals surface area contributed by atoms with E-state index in [4.69, 9.17) is 0 Å². The number of amides is 4. The van der Waals surface area contributed by atoms with Crippen LogP contribution in [0.5, 0.6) is 0 Å².